The number of amides is 2. The number of hydrogen-bond donors (Lipinski definition) is 3. The van der Waals surface area contributed by atoms with E-state index in [4.69, 9.17) is 22.1 Å². The normalized spacial score (nSPS) is 15.3. The lowest BCUT2D eigenvalue weighted by Gasteiger charge is -2.38. The Hall–Kier alpha value is -4.09. The summed E-state index contributed by atoms with van der Waals surface area (Å²) < 4.78 is 5.52. The zero-order chi connectivity index (χ0) is 29.4. The topological polar surface area (TPSA) is 129 Å². The Kier molecular flexibility index (Phi) is 7.92. The van der Waals surface area contributed by atoms with Crippen LogP contribution in [0.3, 0.4) is 0 Å². The molecule has 2 aliphatic rings. The van der Waals surface area contributed by atoms with Crippen molar-refractivity contribution < 1.29 is 14.3 Å². The molecule has 12 heteroatoms. The van der Waals surface area contributed by atoms with Crippen molar-refractivity contribution in [3.63, 3.8) is 0 Å². The van der Waals surface area contributed by atoms with Crippen LogP contribution in [0.2, 0.25) is 5.02 Å². The van der Waals surface area contributed by atoms with E-state index in [1.807, 2.05) is 13.1 Å². The van der Waals surface area contributed by atoms with Crippen molar-refractivity contribution in [2.45, 2.75) is 33.4 Å². The number of benzene rings is 2. The fourth-order valence-electron chi connectivity index (χ4n) is 5.50. The van der Waals surface area contributed by atoms with Gasteiger partial charge in [0.05, 0.1) is 30.2 Å². The summed E-state index contributed by atoms with van der Waals surface area (Å²) in [5.41, 5.74) is 10.3. The van der Waals surface area contributed by atoms with E-state index < -0.39 is 5.91 Å². The van der Waals surface area contributed by atoms with Gasteiger partial charge in [-0.3, -0.25) is 14.5 Å². The number of hydrogen-bond acceptors (Lipinski definition) is 9. The van der Waals surface area contributed by atoms with Gasteiger partial charge < -0.3 is 30.9 Å². The summed E-state index contributed by atoms with van der Waals surface area (Å²) in [5.74, 6) is 0.449. The van der Waals surface area contributed by atoms with Crippen LogP contribution in [0.15, 0.2) is 30.5 Å². The van der Waals surface area contributed by atoms with Crippen molar-refractivity contribution in [3.8, 4) is 5.75 Å². The molecular formula is C29H35ClN8O3. The first kappa shape index (κ1) is 28.4. The van der Waals surface area contributed by atoms with E-state index in [1.54, 1.807) is 24.0 Å². The summed E-state index contributed by atoms with van der Waals surface area (Å²) in [5, 5.41) is 6.70. The fraction of sp³-hybridized carbons (Fsp3) is 0.379. The third-order valence-electron chi connectivity index (χ3n) is 7.75. The number of nitrogens with one attached hydrogen (secondary N) is 2. The fourth-order valence-corrected chi connectivity index (χ4v) is 5.64. The number of nitrogens with zero attached hydrogens (tertiary/aromatic N) is 5. The maximum absolute atomic E-state index is 13.3. The summed E-state index contributed by atoms with van der Waals surface area (Å²) in [7, 11) is 3.32. The predicted molar refractivity (Wildman–Crippen MR) is 161 cm³/mol. The van der Waals surface area contributed by atoms with Gasteiger partial charge in [0.15, 0.2) is 5.82 Å². The van der Waals surface area contributed by atoms with E-state index in [-0.39, 0.29) is 11.9 Å². The molecule has 1 saturated heterocycles. The molecule has 0 unspecified atom stereocenters. The Labute approximate surface area is 244 Å². The Morgan fingerprint density at radius 3 is 2.46 bits per heavy atom. The molecule has 0 radical (unpaired) electrons. The van der Waals surface area contributed by atoms with Crippen molar-refractivity contribution in [1.82, 2.24) is 19.8 Å². The van der Waals surface area contributed by atoms with Crippen LogP contribution >= 0.6 is 11.6 Å². The number of methoxy groups -OCH3 is 1. The van der Waals surface area contributed by atoms with E-state index in [1.165, 1.54) is 13.3 Å². The standard InChI is InChI=1S/C29H35ClN8O3/c1-16(2)37-10-12-38(13-11-37)23-9-8-21(24-19(23)15-36(4)28(24)40)33-27-20(30)14-32-29(35-27)34-22-7-6-18(26(31)39)17(3)25(22)41-5/h6-9,14,16H,10-13,15H2,1-5H3,(H2,31,39)(H2,32,33,34,35). The monoisotopic (exact) mass is 578 g/mol. The zero-order valence-electron chi connectivity index (χ0n) is 23.9. The van der Waals surface area contributed by atoms with Gasteiger partial charge in [-0.25, -0.2) is 4.98 Å². The number of nitrogens with two attached hydrogens (primary N) is 1. The minimum absolute atomic E-state index is 0.0524. The molecule has 216 valence electrons. The number of carbonyl (C=O) groups is 2. The highest BCUT2D eigenvalue weighted by Gasteiger charge is 2.33. The quantitative estimate of drug-likeness (QED) is 0.361. The van der Waals surface area contributed by atoms with Gasteiger partial charge in [0.25, 0.3) is 5.91 Å². The molecule has 5 rings (SSSR count). The molecule has 0 atom stereocenters. The molecule has 1 fully saturated rings. The van der Waals surface area contributed by atoms with Crippen molar-refractivity contribution in [2.24, 2.45) is 5.73 Å². The van der Waals surface area contributed by atoms with Crippen LogP contribution in [0, 0.1) is 6.92 Å². The van der Waals surface area contributed by atoms with E-state index in [0.717, 1.165) is 37.4 Å². The molecule has 41 heavy (non-hydrogen) atoms. The summed E-state index contributed by atoms with van der Waals surface area (Å²) in [4.78, 5) is 40.5. The van der Waals surface area contributed by atoms with Crippen LogP contribution in [0.4, 0.5) is 28.8 Å². The summed E-state index contributed by atoms with van der Waals surface area (Å²) in [6, 6.07) is 7.80. The Morgan fingerprint density at radius 1 is 1.10 bits per heavy atom. The second-order valence-corrected chi connectivity index (χ2v) is 11.0. The molecule has 3 heterocycles. The SMILES string of the molecule is COc1c(Nc2ncc(Cl)c(Nc3ccc(N4CCN(C(C)C)CC4)c4c3C(=O)N(C)C4)n2)ccc(C(N)=O)c1C. The molecule has 4 N–H and O–H groups in total. The lowest BCUT2D eigenvalue weighted by atomic mass is 10.0. The highest BCUT2D eigenvalue weighted by atomic mass is 35.5. The van der Waals surface area contributed by atoms with Gasteiger partial charge in [-0.1, -0.05) is 11.6 Å². The van der Waals surface area contributed by atoms with Crippen LogP contribution in [-0.4, -0.2) is 78.0 Å². The van der Waals surface area contributed by atoms with Gasteiger partial charge in [0.2, 0.25) is 11.9 Å². The molecule has 0 spiro atoms. The Balaban J connectivity index is 1.44. The molecule has 2 amide bonds. The van der Waals surface area contributed by atoms with E-state index in [2.05, 4.69) is 50.3 Å². The molecule has 3 aromatic rings. The van der Waals surface area contributed by atoms with Gasteiger partial charge >= 0.3 is 0 Å². The number of fused-ring (bicyclic) bond motifs is 1. The van der Waals surface area contributed by atoms with Crippen LogP contribution in [0.25, 0.3) is 0 Å². The van der Waals surface area contributed by atoms with Crippen LogP contribution in [-0.2, 0) is 6.54 Å². The smallest absolute Gasteiger partial charge is 0.256 e. The number of primary amides is 1. The average molecular weight is 579 g/mol. The zero-order valence-corrected chi connectivity index (χ0v) is 24.7. The first-order chi connectivity index (χ1) is 19.6. The maximum atomic E-state index is 13.3. The second kappa shape index (κ2) is 11.4. The number of carbonyl (C=O) groups excluding carboxylic acids is 2. The largest absolute Gasteiger partial charge is 0.494 e. The van der Waals surface area contributed by atoms with Crippen molar-refractivity contribution in [3.05, 3.63) is 57.7 Å². The van der Waals surface area contributed by atoms with Crippen LogP contribution < -0.4 is 26.0 Å². The first-order valence-corrected chi connectivity index (χ1v) is 13.9. The molecular weight excluding hydrogens is 544 g/mol. The van der Waals surface area contributed by atoms with Gasteiger partial charge in [-0.05, 0) is 45.0 Å². The average Bonchev–Trinajstić information content (AvgIpc) is 3.25. The van der Waals surface area contributed by atoms with Crippen molar-refractivity contribution in [1.29, 1.82) is 0 Å². The van der Waals surface area contributed by atoms with Gasteiger partial charge in [0, 0.05) is 68.2 Å². The Morgan fingerprint density at radius 2 is 1.80 bits per heavy atom. The number of rotatable bonds is 8. The molecule has 0 bridgehead atoms. The van der Waals surface area contributed by atoms with E-state index in [0.29, 0.717) is 57.2 Å². The summed E-state index contributed by atoms with van der Waals surface area (Å²) >= 11 is 6.50. The maximum Gasteiger partial charge on any atom is 0.256 e. The van der Waals surface area contributed by atoms with E-state index in [9.17, 15) is 9.59 Å². The number of ether oxygens (including phenoxy) is 1. The second-order valence-electron chi connectivity index (χ2n) is 10.6. The minimum atomic E-state index is -0.543. The van der Waals surface area contributed by atoms with Gasteiger partial charge in [-0.15, -0.1) is 0 Å². The van der Waals surface area contributed by atoms with Crippen molar-refractivity contribution in [2.75, 3.05) is 55.9 Å². The molecule has 2 aromatic carbocycles. The minimum Gasteiger partial charge on any atom is -0.494 e. The number of aromatic nitrogens is 2. The number of anilines is 5. The molecule has 0 aliphatic carbocycles. The third-order valence-corrected chi connectivity index (χ3v) is 8.02. The molecule has 1 aromatic heterocycles. The van der Waals surface area contributed by atoms with Gasteiger partial charge in [0.1, 0.15) is 10.8 Å². The van der Waals surface area contributed by atoms with Gasteiger partial charge in [-0.2, -0.15) is 4.98 Å². The first-order valence-electron chi connectivity index (χ1n) is 13.5. The summed E-state index contributed by atoms with van der Waals surface area (Å²) in [6.07, 6.45) is 1.48. The Bertz CT molecular complexity index is 1500. The highest BCUT2D eigenvalue weighted by Crippen LogP contribution is 2.39. The molecule has 0 saturated carbocycles. The van der Waals surface area contributed by atoms with E-state index >= 15 is 0 Å². The lowest BCUT2D eigenvalue weighted by Crippen LogP contribution is -2.49. The lowest BCUT2D eigenvalue weighted by molar-refractivity contribution is 0.0817. The molecule has 11 nitrogen and oxygen atoms in total. The predicted octanol–water partition coefficient (Wildman–Crippen LogP) is 4.15. The third kappa shape index (κ3) is 5.47. The molecule has 2 aliphatic heterocycles. The highest BCUT2D eigenvalue weighted by molar-refractivity contribution is 6.33. The summed E-state index contributed by atoms with van der Waals surface area (Å²) in [6.45, 7) is 10.5. The number of piperazine rings is 1. The number of halogens is 1. The van der Waals surface area contributed by atoms with Crippen LogP contribution in [0.5, 0.6) is 5.75 Å². The van der Waals surface area contributed by atoms with Crippen molar-refractivity contribution >= 4 is 52.2 Å². The van der Waals surface area contributed by atoms with Crippen LogP contribution in [0.1, 0.15) is 45.7 Å².